The molecule has 0 saturated heterocycles. The number of hydrogen-bond acceptors (Lipinski definition) is 14. The number of ether oxygens (including phenoxy) is 4. The van der Waals surface area contributed by atoms with Gasteiger partial charge in [0.1, 0.15) is 22.7 Å². The Kier molecular flexibility index (Phi) is 25.9. The molecule has 4 unspecified atom stereocenters. The van der Waals surface area contributed by atoms with E-state index in [0.717, 1.165) is 16.7 Å². The van der Waals surface area contributed by atoms with E-state index in [1.165, 1.54) is 43.8 Å². The number of aliphatic hydroxyl groups excluding tert-OH is 2. The average molecular weight is 1040 g/mol. The van der Waals surface area contributed by atoms with Crippen LogP contribution in [-0.2, 0) is 37.9 Å². The van der Waals surface area contributed by atoms with Gasteiger partial charge in [0.05, 0.1) is 68.7 Å². The van der Waals surface area contributed by atoms with Crippen LogP contribution in [0.25, 0.3) is 9.69 Å². The molecule has 0 aliphatic carbocycles. The van der Waals surface area contributed by atoms with Gasteiger partial charge < -0.3 is 50.0 Å². The van der Waals surface area contributed by atoms with E-state index >= 15 is 0 Å². The molecule has 0 aromatic heterocycles. The maximum Gasteiger partial charge on any atom is 0.407 e. The summed E-state index contributed by atoms with van der Waals surface area (Å²) in [6, 6.07) is 34.5. The van der Waals surface area contributed by atoms with E-state index in [2.05, 4.69) is 25.6 Å². The number of hydrogen-bond donors (Lipinski definition) is 5. The molecular weight excluding hydrogens is 976 g/mol. The molecule has 388 valence electrons. The van der Waals surface area contributed by atoms with Crippen LogP contribution in [0.2, 0.25) is 0 Å². The zero-order chi connectivity index (χ0) is 54.6. The number of benzene rings is 4. The van der Waals surface area contributed by atoms with E-state index in [9.17, 15) is 33.5 Å². The van der Waals surface area contributed by atoms with Crippen molar-refractivity contribution in [1.82, 2.24) is 20.9 Å². The number of methoxy groups -OCH3 is 2. The molecule has 4 aromatic carbocycles. The van der Waals surface area contributed by atoms with Crippen LogP contribution in [0.3, 0.4) is 0 Å². The normalized spacial score (nSPS) is 13.0. The van der Waals surface area contributed by atoms with Crippen molar-refractivity contribution < 1.29 is 47.2 Å². The molecule has 4 atom stereocenters. The second-order valence-corrected chi connectivity index (χ2v) is 20.4. The quantitative estimate of drug-likeness (QED) is 0.0338. The highest BCUT2D eigenvalue weighted by Crippen LogP contribution is 2.19. The van der Waals surface area contributed by atoms with Gasteiger partial charge in [0.15, 0.2) is 0 Å². The third-order valence-corrected chi connectivity index (χ3v) is 10.9. The number of carbonyl (C=O) groups excluding carboxylic acids is 2. The van der Waals surface area contributed by atoms with Crippen molar-refractivity contribution in [2.24, 2.45) is 0 Å². The third-order valence-electron chi connectivity index (χ3n) is 9.58. The number of allylic oxidation sites excluding steroid dienone is 2. The molecule has 20 heteroatoms. The molecule has 0 spiro atoms. The Labute approximate surface area is 433 Å². The topological polar surface area (TPSA) is 241 Å². The third kappa shape index (κ3) is 25.8. The van der Waals surface area contributed by atoms with Crippen molar-refractivity contribution in [3.63, 3.8) is 0 Å². The predicted molar refractivity (Wildman–Crippen MR) is 277 cm³/mol. The maximum absolute atomic E-state index is 12.5. The molecule has 0 bridgehead atoms. The summed E-state index contributed by atoms with van der Waals surface area (Å²) in [6.07, 6.45) is 0.208. The summed E-state index contributed by atoms with van der Waals surface area (Å²) in [5.74, 6) is 1.30. The highest BCUT2D eigenvalue weighted by atomic mass is 35.7. The standard InChI is InChI=1S/C27H32N4O4.C19H24N4O3.C7H7ClO3S/c1-27(2,3)35-26(33)30-24(15-20-9-7-6-8-10-20)25(32)19-31(18-22(16-28)29-4)17-21-11-13-23(34-5)14-12-21;1-19(2,3)26-18(25)23-16(10-14-8-6-5-7-9-14)17(24)13-22-12-15(11-20)21-4;1-11-6-2-4-7(5-3-6)12(8,9)10/h6-14,18,24-25,32H,15,17,19H2,1-3,5H3,(H,30,33);5-9,12,16-17,22,24H,10,13H2,1-3H3,(H,23,25);2-5H,1H3/b22-18-;15-12-;. The molecule has 0 fully saturated rings. The van der Waals surface area contributed by atoms with E-state index < -0.39 is 56.7 Å². The molecule has 4 aromatic rings. The van der Waals surface area contributed by atoms with Crippen molar-refractivity contribution in [1.29, 1.82) is 10.5 Å². The fraction of sp³-hybridized carbons (Fsp3) is 0.358. The van der Waals surface area contributed by atoms with Crippen molar-refractivity contribution in [2.75, 3.05) is 27.3 Å². The Hall–Kier alpha value is -7.78. The van der Waals surface area contributed by atoms with Gasteiger partial charge in [0, 0.05) is 42.7 Å². The van der Waals surface area contributed by atoms with Gasteiger partial charge in [-0.2, -0.15) is 0 Å². The fourth-order valence-corrected chi connectivity index (χ4v) is 6.99. The molecule has 0 radical (unpaired) electrons. The van der Waals surface area contributed by atoms with E-state index in [4.69, 9.17) is 48.0 Å². The van der Waals surface area contributed by atoms with Crippen LogP contribution in [0.15, 0.2) is 138 Å². The van der Waals surface area contributed by atoms with Crippen LogP contribution >= 0.6 is 10.7 Å². The Morgan fingerprint density at radius 2 is 1.12 bits per heavy atom. The highest BCUT2D eigenvalue weighted by molar-refractivity contribution is 8.13. The lowest BCUT2D eigenvalue weighted by Gasteiger charge is -2.30. The Morgan fingerprint density at radius 1 is 0.699 bits per heavy atom. The second kappa shape index (κ2) is 30.8. The first kappa shape index (κ1) is 61.3. The van der Waals surface area contributed by atoms with E-state index in [-0.39, 0.29) is 29.4 Å². The lowest BCUT2D eigenvalue weighted by Crippen LogP contribution is -2.50. The minimum atomic E-state index is -3.61. The molecule has 0 heterocycles. The van der Waals surface area contributed by atoms with Gasteiger partial charge in [0.25, 0.3) is 20.4 Å². The van der Waals surface area contributed by atoms with E-state index in [1.54, 1.807) is 59.6 Å². The van der Waals surface area contributed by atoms with Gasteiger partial charge in [-0.25, -0.2) is 38.2 Å². The van der Waals surface area contributed by atoms with Crippen molar-refractivity contribution in [3.8, 4) is 23.6 Å². The molecule has 5 N–H and O–H groups in total. The predicted octanol–water partition coefficient (Wildman–Crippen LogP) is 8.26. The maximum atomic E-state index is 12.5. The van der Waals surface area contributed by atoms with Gasteiger partial charge in [0.2, 0.25) is 0 Å². The molecule has 0 aliphatic heterocycles. The zero-order valence-corrected chi connectivity index (χ0v) is 43.6. The highest BCUT2D eigenvalue weighted by Gasteiger charge is 2.27. The monoisotopic (exact) mass is 1040 g/mol. The molecule has 73 heavy (non-hydrogen) atoms. The molecule has 2 amide bonds. The number of aliphatic hydroxyl groups is 2. The lowest BCUT2D eigenvalue weighted by atomic mass is 10.0. The summed E-state index contributed by atoms with van der Waals surface area (Å²) < 4.78 is 42.2. The smallest absolute Gasteiger partial charge is 0.407 e. The van der Waals surface area contributed by atoms with Crippen LogP contribution in [0.5, 0.6) is 11.5 Å². The number of alkyl carbamates (subject to hydrolysis) is 2. The Balaban J connectivity index is 0.000000419. The van der Waals surface area contributed by atoms with Crippen molar-refractivity contribution >= 4 is 31.9 Å². The number of rotatable bonds is 19. The lowest BCUT2D eigenvalue weighted by molar-refractivity contribution is 0.0386. The average Bonchev–Trinajstić information content (AvgIpc) is 3.34. The first-order valence-corrected chi connectivity index (χ1v) is 24.8. The Morgan fingerprint density at radius 3 is 1.51 bits per heavy atom. The van der Waals surface area contributed by atoms with Crippen LogP contribution in [0, 0.1) is 35.8 Å². The summed E-state index contributed by atoms with van der Waals surface area (Å²) in [4.78, 5) is 32.6. The number of carbonyl (C=O) groups is 2. The molecule has 4 rings (SSSR count). The minimum Gasteiger partial charge on any atom is -0.497 e. The van der Waals surface area contributed by atoms with E-state index in [1.807, 2.05) is 91.0 Å². The van der Waals surface area contributed by atoms with Crippen molar-refractivity contribution in [3.05, 3.63) is 173 Å². The molecule has 0 aliphatic rings. The van der Waals surface area contributed by atoms with Gasteiger partial charge in [-0.15, -0.1) is 0 Å². The van der Waals surface area contributed by atoms with Crippen LogP contribution in [0.1, 0.15) is 58.2 Å². The SMILES string of the molecule is COc1ccc(S(=O)(=O)Cl)cc1.[C-]#[N+]/C(C#N)=C\N(Cc1ccc(OC)cc1)CC(O)C(Cc1ccccc1)NC(=O)OC(C)(C)C.[C-]#[N+]/C(C#N)=C\NCC(O)C(Cc1ccccc1)NC(=O)OC(C)(C)C. The largest absolute Gasteiger partial charge is 0.497 e. The number of halogens is 1. The second-order valence-electron chi connectivity index (χ2n) is 17.8. The molecular formula is C53H63ClN8O10S. The molecule has 0 saturated carbocycles. The van der Waals surface area contributed by atoms with E-state index in [0.29, 0.717) is 30.9 Å². The van der Waals surface area contributed by atoms with Crippen LogP contribution in [0.4, 0.5) is 9.59 Å². The summed E-state index contributed by atoms with van der Waals surface area (Å²) >= 11 is 0. The van der Waals surface area contributed by atoms with Crippen LogP contribution in [-0.4, -0.2) is 98.5 Å². The van der Waals surface area contributed by atoms with Gasteiger partial charge >= 0.3 is 12.2 Å². The van der Waals surface area contributed by atoms with Gasteiger partial charge in [-0.1, -0.05) is 72.8 Å². The Bertz CT molecular complexity index is 2650. The molecule has 18 nitrogen and oxygen atoms in total. The summed E-state index contributed by atoms with van der Waals surface area (Å²) in [5.41, 5.74) is 1.22. The van der Waals surface area contributed by atoms with Crippen LogP contribution < -0.4 is 25.4 Å². The number of nitrogens with one attached hydrogen (secondary N) is 3. The summed E-state index contributed by atoms with van der Waals surface area (Å²) in [7, 11) is 4.56. The van der Waals surface area contributed by atoms with Gasteiger partial charge in [-0.05, 0) is 107 Å². The number of amides is 2. The first-order chi connectivity index (χ1) is 34.4. The zero-order valence-electron chi connectivity index (χ0n) is 42.1. The number of nitrogens with zero attached hydrogens (tertiary/aromatic N) is 5. The fourth-order valence-electron chi connectivity index (χ4n) is 6.22. The first-order valence-electron chi connectivity index (χ1n) is 22.5. The van der Waals surface area contributed by atoms with Gasteiger partial charge in [-0.3, -0.25) is 0 Å². The van der Waals surface area contributed by atoms with Crippen molar-refractivity contribution in [2.45, 2.75) is 101 Å². The number of nitriles is 2. The summed E-state index contributed by atoms with van der Waals surface area (Å²) in [6.45, 7) is 25.1. The minimum absolute atomic E-state index is 0.0635. The summed E-state index contributed by atoms with van der Waals surface area (Å²) in [5, 5.41) is 47.8.